The van der Waals surface area contributed by atoms with Crippen LogP contribution in [0.4, 0.5) is 34.1 Å². The van der Waals surface area contributed by atoms with E-state index in [4.69, 9.17) is 0 Å². The van der Waals surface area contributed by atoms with Crippen LogP contribution in [0, 0.1) is 27.7 Å². The van der Waals surface area contributed by atoms with Gasteiger partial charge in [0.2, 0.25) is 0 Å². The molecule has 8 rings (SSSR count). The molecule has 2 heteroatoms. The Morgan fingerprint density at radius 2 is 0.491 bits per heavy atom. The van der Waals surface area contributed by atoms with E-state index in [-0.39, 0.29) is 5.92 Å². The lowest BCUT2D eigenvalue weighted by Gasteiger charge is -2.27. The predicted octanol–water partition coefficient (Wildman–Crippen LogP) is 14.7. The molecule has 8 aromatic rings. The molecule has 0 fully saturated rings. The Morgan fingerprint density at radius 3 is 0.818 bits per heavy atom. The maximum absolute atomic E-state index is 2.33. The molecule has 0 bridgehead atoms. The zero-order valence-electron chi connectivity index (χ0n) is 32.0. The van der Waals surface area contributed by atoms with Crippen LogP contribution in [0.2, 0.25) is 0 Å². The van der Waals surface area contributed by atoms with Gasteiger partial charge < -0.3 is 9.80 Å². The molecule has 1 unspecified atom stereocenters. The molecule has 0 aliphatic rings. The van der Waals surface area contributed by atoms with Crippen LogP contribution in [-0.4, -0.2) is 0 Å². The number of benzene rings is 8. The third kappa shape index (κ3) is 7.86. The van der Waals surface area contributed by atoms with Crippen LogP contribution in [0.25, 0.3) is 11.1 Å². The number of hydrogen-bond donors (Lipinski definition) is 0. The van der Waals surface area contributed by atoms with Crippen molar-refractivity contribution < 1.29 is 0 Å². The quantitative estimate of drug-likeness (QED) is 0.130. The summed E-state index contributed by atoms with van der Waals surface area (Å²) in [6.07, 6.45) is 0. The summed E-state index contributed by atoms with van der Waals surface area (Å²) in [5.74, 6) is 0.0939. The average Bonchev–Trinajstić information content (AvgIpc) is 3.22. The molecule has 1 atom stereocenters. The molecule has 0 N–H and O–H groups in total. The van der Waals surface area contributed by atoms with Crippen molar-refractivity contribution in [1.82, 2.24) is 0 Å². The van der Waals surface area contributed by atoms with Gasteiger partial charge in [-0.15, -0.1) is 0 Å². The van der Waals surface area contributed by atoms with E-state index in [1.807, 2.05) is 0 Å². The fourth-order valence-corrected chi connectivity index (χ4v) is 7.38. The Bertz CT molecular complexity index is 2360. The van der Waals surface area contributed by atoms with Gasteiger partial charge in [0, 0.05) is 40.0 Å². The summed E-state index contributed by atoms with van der Waals surface area (Å²) in [7, 11) is 0. The van der Waals surface area contributed by atoms with E-state index < -0.39 is 0 Å². The van der Waals surface area contributed by atoms with Gasteiger partial charge in [0.25, 0.3) is 0 Å². The molecule has 0 amide bonds. The normalized spacial score (nSPS) is 11.6. The molecule has 55 heavy (non-hydrogen) atoms. The first-order valence-corrected chi connectivity index (χ1v) is 19.1. The standard InChI is InChI=1S/C53H46N2/c1-38-10-26-47(27-11-38)54(48-28-12-39(2)13-29-48)51-34-22-43(23-35-51)42-18-20-45(21-19-42)53(44-8-6-5-7-9-44)46-24-36-52(37-25-46)55(49-30-14-40(3)15-31-49)50-32-16-41(4)17-33-50/h5-37,53H,1-4H3. The fourth-order valence-electron chi connectivity index (χ4n) is 7.38. The lowest BCUT2D eigenvalue weighted by Crippen LogP contribution is -2.10. The van der Waals surface area contributed by atoms with Crippen LogP contribution in [0.15, 0.2) is 200 Å². The van der Waals surface area contributed by atoms with Crippen molar-refractivity contribution in [2.24, 2.45) is 0 Å². The first-order valence-electron chi connectivity index (χ1n) is 19.1. The van der Waals surface area contributed by atoms with Crippen molar-refractivity contribution in [3.63, 3.8) is 0 Å². The smallest absolute Gasteiger partial charge is 0.0462 e. The second kappa shape index (κ2) is 15.8. The summed E-state index contributed by atoms with van der Waals surface area (Å²) < 4.78 is 0. The molecule has 0 aromatic heterocycles. The minimum absolute atomic E-state index is 0.0939. The Hall–Kier alpha value is -6.64. The van der Waals surface area contributed by atoms with Gasteiger partial charge in [-0.3, -0.25) is 0 Å². The van der Waals surface area contributed by atoms with E-state index in [0.29, 0.717) is 0 Å². The van der Waals surface area contributed by atoms with E-state index in [1.165, 1.54) is 50.1 Å². The number of nitrogens with zero attached hydrogens (tertiary/aromatic N) is 2. The highest BCUT2D eigenvalue weighted by atomic mass is 15.1. The maximum Gasteiger partial charge on any atom is 0.0462 e. The van der Waals surface area contributed by atoms with Gasteiger partial charge in [0.1, 0.15) is 0 Å². The Balaban J connectivity index is 1.09. The predicted molar refractivity (Wildman–Crippen MR) is 234 cm³/mol. The van der Waals surface area contributed by atoms with Gasteiger partial charge in [-0.05, 0) is 128 Å². The summed E-state index contributed by atoms with van der Waals surface area (Å²) in [6.45, 7) is 8.53. The van der Waals surface area contributed by atoms with E-state index in [2.05, 4.69) is 238 Å². The zero-order chi connectivity index (χ0) is 37.7. The third-order valence-corrected chi connectivity index (χ3v) is 10.5. The molecule has 0 saturated heterocycles. The lowest BCUT2D eigenvalue weighted by molar-refractivity contribution is 0.977. The Labute approximate surface area is 326 Å². The van der Waals surface area contributed by atoms with Crippen molar-refractivity contribution in [2.75, 3.05) is 9.80 Å². The van der Waals surface area contributed by atoms with E-state index in [9.17, 15) is 0 Å². The molecule has 0 aliphatic heterocycles. The molecule has 0 heterocycles. The van der Waals surface area contributed by atoms with Gasteiger partial charge in [-0.2, -0.15) is 0 Å². The highest BCUT2D eigenvalue weighted by molar-refractivity contribution is 5.79. The minimum Gasteiger partial charge on any atom is -0.311 e. The first-order chi connectivity index (χ1) is 26.9. The number of hydrogen-bond acceptors (Lipinski definition) is 2. The Kier molecular flexibility index (Phi) is 10.1. The summed E-state index contributed by atoms with van der Waals surface area (Å²) in [5.41, 5.74) is 18.0. The van der Waals surface area contributed by atoms with E-state index in [0.717, 1.165) is 34.1 Å². The lowest BCUT2D eigenvalue weighted by atomic mass is 9.84. The van der Waals surface area contributed by atoms with Gasteiger partial charge in [0.15, 0.2) is 0 Å². The van der Waals surface area contributed by atoms with Crippen LogP contribution in [-0.2, 0) is 0 Å². The van der Waals surface area contributed by atoms with Crippen molar-refractivity contribution in [3.8, 4) is 11.1 Å². The molecular weight excluding hydrogens is 665 g/mol. The second-order valence-electron chi connectivity index (χ2n) is 14.6. The monoisotopic (exact) mass is 710 g/mol. The minimum atomic E-state index is 0.0939. The van der Waals surface area contributed by atoms with Crippen molar-refractivity contribution in [2.45, 2.75) is 33.6 Å². The van der Waals surface area contributed by atoms with Gasteiger partial charge >= 0.3 is 0 Å². The Morgan fingerprint density at radius 1 is 0.255 bits per heavy atom. The van der Waals surface area contributed by atoms with Crippen LogP contribution in [0.5, 0.6) is 0 Å². The molecule has 8 aromatic carbocycles. The molecule has 0 aliphatic carbocycles. The molecule has 0 spiro atoms. The number of rotatable bonds is 10. The summed E-state index contributed by atoms with van der Waals surface area (Å²) >= 11 is 0. The van der Waals surface area contributed by atoms with Crippen molar-refractivity contribution in [1.29, 1.82) is 0 Å². The van der Waals surface area contributed by atoms with Gasteiger partial charge in [0.05, 0.1) is 0 Å². The van der Waals surface area contributed by atoms with Crippen LogP contribution < -0.4 is 9.80 Å². The van der Waals surface area contributed by atoms with Crippen LogP contribution >= 0.6 is 0 Å². The molecule has 2 nitrogen and oxygen atoms in total. The summed E-state index contributed by atoms with van der Waals surface area (Å²) in [4.78, 5) is 4.66. The highest BCUT2D eigenvalue weighted by Crippen LogP contribution is 2.39. The molecule has 0 saturated carbocycles. The summed E-state index contributed by atoms with van der Waals surface area (Å²) in [6, 6.07) is 73.0. The second-order valence-corrected chi connectivity index (χ2v) is 14.6. The fraction of sp³-hybridized carbons (Fsp3) is 0.0943. The number of aryl methyl sites for hydroxylation is 4. The largest absolute Gasteiger partial charge is 0.311 e. The van der Waals surface area contributed by atoms with E-state index >= 15 is 0 Å². The van der Waals surface area contributed by atoms with Gasteiger partial charge in [-0.25, -0.2) is 0 Å². The molecule has 0 radical (unpaired) electrons. The highest BCUT2D eigenvalue weighted by Gasteiger charge is 2.19. The zero-order valence-corrected chi connectivity index (χ0v) is 32.0. The van der Waals surface area contributed by atoms with Crippen molar-refractivity contribution in [3.05, 3.63) is 239 Å². The topological polar surface area (TPSA) is 6.48 Å². The average molecular weight is 711 g/mol. The third-order valence-electron chi connectivity index (χ3n) is 10.5. The van der Waals surface area contributed by atoms with Crippen LogP contribution in [0.3, 0.4) is 0 Å². The van der Waals surface area contributed by atoms with E-state index in [1.54, 1.807) is 0 Å². The van der Waals surface area contributed by atoms with Crippen molar-refractivity contribution >= 4 is 34.1 Å². The first kappa shape index (κ1) is 35.4. The SMILES string of the molecule is Cc1ccc(N(c2ccc(C)cc2)c2ccc(-c3ccc(C(c4ccccc4)c4ccc(N(c5ccc(C)cc5)c5ccc(C)cc5)cc4)cc3)cc2)cc1. The van der Waals surface area contributed by atoms with Crippen LogP contribution in [0.1, 0.15) is 44.9 Å². The summed E-state index contributed by atoms with van der Waals surface area (Å²) in [5, 5.41) is 0. The van der Waals surface area contributed by atoms with Gasteiger partial charge in [-0.1, -0.05) is 150 Å². The molecular formula is C53H46N2. The molecule has 268 valence electrons. The number of anilines is 6. The maximum atomic E-state index is 2.33.